The lowest BCUT2D eigenvalue weighted by atomic mass is 9.82. The van der Waals surface area contributed by atoms with Gasteiger partial charge in [0.2, 0.25) is 0 Å². The van der Waals surface area contributed by atoms with E-state index >= 15 is 0 Å². The first kappa shape index (κ1) is 19.9. The van der Waals surface area contributed by atoms with E-state index in [2.05, 4.69) is 35.3 Å². The van der Waals surface area contributed by atoms with Crippen LogP contribution in [-0.4, -0.2) is 30.6 Å². The topological polar surface area (TPSA) is 62.9 Å². The van der Waals surface area contributed by atoms with Crippen molar-refractivity contribution >= 4 is 0 Å². The predicted octanol–water partition coefficient (Wildman–Crippen LogP) is 4.47. The molecule has 4 rings (SSSR count). The van der Waals surface area contributed by atoms with Crippen LogP contribution >= 0.6 is 0 Å². The molecule has 0 aromatic heterocycles. The van der Waals surface area contributed by atoms with Gasteiger partial charge in [-0.15, -0.1) is 0 Å². The zero-order chi connectivity index (χ0) is 19.1. The molecule has 0 radical (unpaired) electrons. The van der Waals surface area contributed by atoms with Crippen molar-refractivity contribution < 1.29 is 1.43 Å². The Morgan fingerprint density at radius 1 is 1.19 bits per heavy atom. The predicted molar refractivity (Wildman–Crippen MR) is 110 cm³/mol. The SMILES string of the molecule is CC1CC(NCc2cccc(C#N)c2)C1.N#CCCN1CCC2(CC1)CC2.[HH]. The lowest BCUT2D eigenvalue weighted by Gasteiger charge is -2.33. The number of rotatable bonds is 5. The van der Waals surface area contributed by atoms with Gasteiger partial charge in [0.15, 0.2) is 0 Å². The van der Waals surface area contributed by atoms with Gasteiger partial charge in [-0.25, -0.2) is 0 Å². The smallest absolute Gasteiger partial charge is 0.0991 e. The third-order valence-corrected chi connectivity index (χ3v) is 6.44. The zero-order valence-electron chi connectivity index (χ0n) is 16.6. The van der Waals surface area contributed by atoms with Crippen molar-refractivity contribution in [3.8, 4) is 12.1 Å². The second kappa shape index (κ2) is 9.36. The molecule has 146 valence electrons. The van der Waals surface area contributed by atoms with Crippen molar-refractivity contribution in [3.63, 3.8) is 0 Å². The van der Waals surface area contributed by atoms with Crippen LogP contribution in [0.3, 0.4) is 0 Å². The number of hydrogen-bond donors (Lipinski definition) is 1. The maximum Gasteiger partial charge on any atom is 0.0991 e. The monoisotopic (exact) mass is 366 g/mol. The third kappa shape index (κ3) is 6.06. The minimum atomic E-state index is 0. The van der Waals surface area contributed by atoms with Crippen LogP contribution in [0, 0.1) is 34.0 Å². The quantitative estimate of drug-likeness (QED) is 0.835. The van der Waals surface area contributed by atoms with Gasteiger partial charge in [0.1, 0.15) is 0 Å². The van der Waals surface area contributed by atoms with Gasteiger partial charge in [-0.05, 0) is 80.6 Å². The summed E-state index contributed by atoms with van der Waals surface area (Å²) in [5.41, 5.74) is 2.73. The molecular formula is C23H34N4. The van der Waals surface area contributed by atoms with Gasteiger partial charge in [-0.2, -0.15) is 10.5 Å². The summed E-state index contributed by atoms with van der Waals surface area (Å²) in [6, 6.07) is 12.9. The lowest BCUT2D eigenvalue weighted by molar-refractivity contribution is 0.176. The van der Waals surface area contributed by atoms with Crippen LogP contribution in [0.15, 0.2) is 24.3 Å². The molecule has 1 spiro atoms. The lowest BCUT2D eigenvalue weighted by Crippen LogP contribution is -2.39. The van der Waals surface area contributed by atoms with Crippen LogP contribution in [-0.2, 0) is 6.54 Å². The number of benzene rings is 1. The molecule has 4 heteroatoms. The highest BCUT2D eigenvalue weighted by Crippen LogP contribution is 2.53. The van der Waals surface area contributed by atoms with Crippen LogP contribution in [0.1, 0.15) is 64.4 Å². The van der Waals surface area contributed by atoms with E-state index in [-0.39, 0.29) is 1.43 Å². The zero-order valence-corrected chi connectivity index (χ0v) is 16.6. The van der Waals surface area contributed by atoms with E-state index in [1.807, 2.05) is 18.2 Å². The summed E-state index contributed by atoms with van der Waals surface area (Å²) >= 11 is 0. The molecule has 4 nitrogen and oxygen atoms in total. The Labute approximate surface area is 165 Å². The normalized spacial score (nSPS) is 25.4. The average molecular weight is 367 g/mol. The molecule has 3 aliphatic rings. The van der Waals surface area contributed by atoms with E-state index in [0.29, 0.717) is 12.5 Å². The fourth-order valence-electron chi connectivity index (χ4n) is 4.22. The highest BCUT2D eigenvalue weighted by atomic mass is 15.1. The largest absolute Gasteiger partial charge is 0.310 e. The van der Waals surface area contributed by atoms with Crippen LogP contribution in [0.2, 0.25) is 0 Å². The Balaban J connectivity index is 0.000000198. The Morgan fingerprint density at radius 3 is 2.52 bits per heavy atom. The third-order valence-electron chi connectivity index (χ3n) is 6.44. The first-order valence-electron chi connectivity index (χ1n) is 10.4. The van der Waals surface area contributed by atoms with E-state index in [0.717, 1.165) is 30.0 Å². The van der Waals surface area contributed by atoms with Gasteiger partial charge in [0, 0.05) is 27.0 Å². The molecule has 0 amide bonds. The molecule has 1 aromatic rings. The average Bonchev–Trinajstić information content (AvgIpc) is 3.44. The van der Waals surface area contributed by atoms with E-state index < -0.39 is 0 Å². The highest BCUT2D eigenvalue weighted by molar-refractivity contribution is 5.32. The molecule has 2 aliphatic carbocycles. The Hall–Kier alpha value is -1.88. The maximum atomic E-state index is 8.76. The number of piperidine rings is 1. The summed E-state index contributed by atoms with van der Waals surface area (Å²) in [5, 5.41) is 20.7. The minimum absolute atomic E-state index is 0. The molecule has 27 heavy (non-hydrogen) atoms. The van der Waals surface area contributed by atoms with E-state index in [1.165, 1.54) is 57.2 Å². The van der Waals surface area contributed by atoms with Crippen LogP contribution in [0.25, 0.3) is 0 Å². The molecule has 0 bridgehead atoms. The number of likely N-dealkylation sites (tertiary alicyclic amines) is 1. The first-order valence-corrected chi connectivity index (χ1v) is 10.4. The summed E-state index contributed by atoms with van der Waals surface area (Å²) in [6.45, 7) is 6.64. The second-order valence-electron chi connectivity index (χ2n) is 8.72. The second-order valence-corrected chi connectivity index (χ2v) is 8.72. The Morgan fingerprint density at radius 2 is 1.93 bits per heavy atom. The standard InChI is InChI=1S/C13H16N2.C10H16N2.H2/c1-10-5-13(6-10)15-9-12-4-2-3-11(7-12)8-14;11-6-1-7-12-8-4-10(2-3-10)5-9-12;/h2-4,7,10,13,15H,5-6,9H2,1H3;1-5,7-9H2;1H. The molecular weight excluding hydrogens is 332 g/mol. The maximum absolute atomic E-state index is 8.76. The Kier molecular flexibility index (Phi) is 6.89. The summed E-state index contributed by atoms with van der Waals surface area (Å²) < 4.78 is 0. The molecule has 2 saturated carbocycles. The van der Waals surface area contributed by atoms with Crippen molar-refractivity contribution in [1.82, 2.24) is 10.2 Å². The summed E-state index contributed by atoms with van der Waals surface area (Å²) in [4.78, 5) is 2.44. The molecule has 0 unspecified atom stereocenters. The number of nitrogens with one attached hydrogen (secondary N) is 1. The summed E-state index contributed by atoms with van der Waals surface area (Å²) in [5.74, 6) is 0.882. The molecule has 1 aliphatic heterocycles. The molecule has 1 heterocycles. The van der Waals surface area contributed by atoms with Crippen molar-refractivity contribution in [2.45, 2.75) is 64.5 Å². The van der Waals surface area contributed by atoms with Crippen molar-refractivity contribution in [3.05, 3.63) is 35.4 Å². The van der Waals surface area contributed by atoms with Crippen LogP contribution in [0.4, 0.5) is 0 Å². The van der Waals surface area contributed by atoms with Gasteiger partial charge >= 0.3 is 0 Å². The fourth-order valence-corrected chi connectivity index (χ4v) is 4.22. The highest BCUT2D eigenvalue weighted by Gasteiger charge is 2.44. The van der Waals surface area contributed by atoms with Gasteiger partial charge in [0.05, 0.1) is 17.7 Å². The number of hydrogen-bond acceptors (Lipinski definition) is 4. The molecule has 1 saturated heterocycles. The number of nitrogens with zero attached hydrogens (tertiary/aromatic N) is 3. The van der Waals surface area contributed by atoms with Crippen molar-refractivity contribution in [2.75, 3.05) is 19.6 Å². The van der Waals surface area contributed by atoms with Gasteiger partial charge in [-0.1, -0.05) is 19.1 Å². The fraction of sp³-hybridized carbons (Fsp3) is 0.652. The molecule has 1 aromatic carbocycles. The molecule has 0 atom stereocenters. The van der Waals surface area contributed by atoms with E-state index in [1.54, 1.807) is 0 Å². The van der Waals surface area contributed by atoms with E-state index in [9.17, 15) is 0 Å². The van der Waals surface area contributed by atoms with Gasteiger partial charge in [-0.3, -0.25) is 0 Å². The summed E-state index contributed by atoms with van der Waals surface area (Å²) in [7, 11) is 0. The minimum Gasteiger partial charge on any atom is -0.310 e. The van der Waals surface area contributed by atoms with Crippen molar-refractivity contribution in [1.29, 1.82) is 10.5 Å². The van der Waals surface area contributed by atoms with Gasteiger partial charge < -0.3 is 10.2 Å². The number of nitriles is 2. The van der Waals surface area contributed by atoms with Crippen LogP contribution in [0.5, 0.6) is 0 Å². The summed E-state index contributed by atoms with van der Waals surface area (Å²) in [6.07, 6.45) is 9.00. The van der Waals surface area contributed by atoms with Gasteiger partial charge in [0.25, 0.3) is 0 Å². The molecule has 3 fully saturated rings. The van der Waals surface area contributed by atoms with Crippen LogP contribution < -0.4 is 5.32 Å². The Bertz CT molecular complexity index is 685. The first-order chi connectivity index (χ1) is 13.1. The van der Waals surface area contributed by atoms with Crippen molar-refractivity contribution in [2.24, 2.45) is 11.3 Å². The molecule has 1 N–H and O–H groups in total. The van der Waals surface area contributed by atoms with E-state index in [4.69, 9.17) is 10.5 Å².